The summed E-state index contributed by atoms with van der Waals surface area (Å²) in [6.07, 6.45) is -1.48. The van der Waals surface area contributed by atoms with Gasteiger partial charge in [-0.1, -0.05) is 12.1 Å². The average Bonchev–Trinajstić information content (AvgIpc) is 3.22. The van der Waals surface area contributed by atoms with Crippen molar-refractivity contribution in [3.05, 3.63) is 57.3 Å². The maximum absolute atomic E-state index is 12.9. The zero-order chi connectivity index (χ0) is 19.6. The molecule has 142 valence electrons. The molecule has 3 rings (SSSR count). The molecule has 0 unspecified atom stereocenters. The Kier molecular flexibility index (Phi) is 5.66. The Morgan fingerprint density at radius 2 is 2.15 bits per heavy atom. The third-order valence-electron chi connectivity index (χ3n) is 3.54. The molecule has 0 radical (unpaired) electrons. The Labute approximate surface area is 164 Å². The van der Waals surface area contributed by atoms with Gasteiger partial charge in [-0.05, 0) is 35.0 Å². The van der Waals surface area contributed by atoms with Gasteiger partial charge in [0.05, 0.1) is 40.0 Å². The minimum absolute atomic E-state index is 0.259. The fraction of sp³-hybridized carbons (Fsp3) is 0.235. The van der Waals surface area contributed by atoms with E-state index in [1.165, 1.54) is 34.5 Å². The summed E-state index contributed by atoms with van der Waals surface area (Å²) < 4.78 is 45.8. The number of carbonyl (C=O) groups is 1. The van der Waals surface area contributed by atoms with Crippen LogP contribution in [-0.4, -0.2) is 27.3 Å². The van der Waals surface area contributed by atoms with Crippen LogP contribution in [0.2, 0.25) is 0 Å². The molecule has 0 amide bonds. The molecule has 3 aromatic rings. The van der Waals surface area contributed by atoms with Crippen LogP contribution < -0.4 is 0 Å². The molecule has 0 aliphatic carbocycles. The first kappa shape index (κ1) is 19.6. The van der Waals surface area contributed by atoms with Crippen LogP contribution in [-0.2, 0) is 17.5 Å². The fourth-order valence-corrected chi connectivity index (χ4v) is 3.78. The summed E-state index contributed by atoms with van der Waals surface area (Å²) in [6, 6.07) is 5.03. The fourth-order valence-electron chi connectivity index (χ4n) is 2.31. The zero-order valence-corrected chi connectivity index (χ0v) is 16.4. The lowest BCUT2D eigenvalue weighted by molar-refractivity contribution is -0.137. The lowest BCUT2D eigenvalue weighted by Crippen LogP contribution is -2.04. The number of nitrogens with zero attached hydrogens (tertiary/aromatic N) is 3. The molecule has 10 heteroatoms. The summed E-state index contributed by atoms with van der Waals surface area (Å²) in [5.41, 5.74) is 0.584. The Balaban J connectivity index is 1.82. The molecule has 2 aromatic heterocycles. The Bertz CT molecular complexity index is 968. The van der Waals surface area contributed by atoms with E-state index in [2.05, 4.69) is 26.0 Å². The van der Waals surface area contributed by atoms with Crippen LogP contribution in [0, 0.1) is 0 Å². The molecule has 1 aromatic carbocycles. The van der Waals surface area contributed by atoms with Gasteiger partial charge in [-0.2, -0.15) is 18.3 Å². The van der Waals surface area contributed by atoms with E-state index < -0.39 is 17.7 Å². The molecule has 0 atom stereocenters. The molecule has 5 nitrogen and oxygen atoms in total. The Hall–Kier alpha value is -2.20. The monoisotopic (exact) mass is 459 g/mol. The molecular formula is C17H13BrF3N3O2S. The summed E-state index contributed by atoms with van der Waals surface area (Å²) in [6.45, 7) is 2.24. The number of hydrogen-bond donors (Lipinski definition) is 0. The summed E-state index contributed by atoms with van der Waals surface area (Å²) in [4.78, 5) is 16.1. The van der Waals surface area contributed by atoms with Gasteiger partial charge in [-0.3, -0.25) is 4.68 Å². The van der Waals surface area contributed by atoms with Crippen molar-refractivity contribution in [2.24, 2.45) is 0 Å². The van der Waals surface area contributed by atoms with Gasteiger partial charge in [0, 0.05) is 11.8 Å². The van der Waals surface area contributed by atoms with Gasteiger partial charge in [-0.15, -0.1) is 11.3 Å². The predicted octanol–water partition coefficient (Wildman–Crippen LogP) is 5.01. The van der Waals surface area contributed by atoms with Crippen molar-refractivity contribution < 1.29 is 22.7 Å². The number of ether oxygens (including phenoxy) is 1. The first-order valence-electron chi connectivity index (χ1n) is 7.80. The standard InChI is InChI=1S/C17H13BrF3N3O2S/c1-2-26-16(25)11-7-22-24(8-11)9-13-14(18)27-15(23-13)10-4-3-5-12(6-10)17(19,20)21/h3-8H,2,9H2,1H3. The maximum atomic E-state index is 12.9. The van der Waals surface area contributed by atoms with E-state index in [0.717, 1.165) is 12.1 Å². The van der Waals surface area contributed by atoms with E-state index in [1.54, 1.807) is 13.0 Å². The first-order chi connectivity index (χ1) is 12.8. The second-order valence-corrected chi connectivity index (χ2v) is 7.78. The molecule has 27 heavy (non-hydrogen) atoms. The number of benzene rings is 1. The van der Waals surface area contributed by atoms with E-state index in [-0.39, 0.29) is 13.2 Å². The van der Waals surface area contributed by atoms with E-state index >= 15 is 0 Å². The highest BCUT2D eigenvalue weighted by Crippen LogP contribution is 2.36. The summed E-state index contributed by atoms with van der Waals surface area (Å²) in [7, 11) is 0. The van der Waals surface area contributed by atoms with Crippen LogP contribution in [0.3, 0.4) is 0 Å². The number of aromatic nitrogens is 3. The molecule has 0 aliphatic heterocycles. The minimum Gasteiger partial charge on any atom is -0.462 e. The molecular weight excluding hydrogens is 447 g/mol. The van der Waals surface area contributed by atoms with Gasteiger partial charge in [0.2, 0.25) is 0 Å². The number of hydrogen-bond acceptors (Lipinski definition) is 5. The lowest BCUT2D eigenvalue weighted by Gasteiger charge is -2.07. The van der Waals surface area contributed by atoms with Crippen LogP contribution in [0.5, 0.6) is 0 Å². The van der Waals surface area contributed by atoms with Crippen molar-refractivity contribution in [3.8, 4) is 10.6 Å². The minimum atomic E-state index is -4.41. The molecule has 0 saturated heterocycles. The smallest absolute Gasteiger partial charge is 0.416 e. The van der Waals surface area contributed by atoms with Crippen molar-refractivity contribution in [2.75, 3.05) is 6.61 Å². The van der Waals surface area contributed by atoms with Crippen LogP contribution in [0.25, 0.3) is 10.6 Å². The van der Waals surface area contributed by atoms with Crippen molar-refractivity contribution in [2.45, 2.75) is 19.6 Å². The number of rotatable bonds is 5. The van der Waals surface area contributed by atoms with Crippen molar-refractivity contribution in [1.82, 2.24) is 14.8 Å². The number of thiazole rings is 1. The number of esters is 1. The second-order valence-electron chi connectivity index (χ2n) is 5.47. The third-order valence-corrected chi connectivity index (χ3v) is 5.42. The highest BCUT2D eigenvalue weighted by Gasteiger charge is 2.30. The predicted molar refractivity (Wildman–Crippen MR) is 97.5 cm³/mol. The van der Waals surface area contributed by atoms with Crippen LogP contribution in [0.4, 0.5) is 13.2 Å². The second kappa shape index (κ2) is 7.81. The highest BCUT2D eigenvalue weighted by atomic mass is 79.9. The molecule has 2 heterocycles. The molecule has 0 aliphatic rings. The molecule has 0 spiro atoms. The number of halogens is 4. The van der Waals surface area contributed by atoms with Crippen LogP contribution >= 0.6 is 27.3 Å². The first-order valence-corrected chi connectivity index (χ1v) is 9.41. The van der Waals surface area contributed by atoms with Gasteiger partial charge in [0.25, 0.3) is 0 Å². The quantitative estimate of drug-likeness (QED) is 0.503. The van der Waals surface area contributed by atoms with Gasteiger partial charge in [0.1, 0.15) is 5.01 Å². The topological polar surface area (TPSA) is 57.0 Å². The lowest BCUT2D eigenvalue weighted by atomic mass is 10.1. The maximum Gasteiger partial charge on any atom is 0.416 e. The summed E-state index contributed by atoms with van der Waals surface area (Å²) in [5, 5.41) is 4.55. The van der Waals surface area contributed by atoms with Gasteiger partial charge in [-0.25, -0.2) is 9.78 Å². The molecule has 0 N–H and O–H groups in total. The van der Waals surface area contributed by atoms with Crippen molar-refractivity contribution >= 4 is 33.2 Å². The summed E-state index contributed by atoms with van der Waals surface area (Å²) in [5.74, 6) is -0.467. The SMILES string of the molecule is CCOC(=O)c1cnn(Cc2nc(-c3cccc(C(F)(F)F)c3)sc2Br)c1. The molecule has 0 bridgehead atoms. The third kappa shape index (κ3) is 4.56. The average molecular weight is 460 g/mol. The summed E-state index contributed by atoms with van der Waals surface area (Å²) >= 11 is 4.62. The highest BCUT2D eigenvalue weighted by molar-refractivity contribution is 9.11. The Morgan fingerprint density at radius 1 is 1.37 bits per heavy atom. The number of alkyl halides is 3. The largest absolute Gasteiger partial charge is 0.462 e. The number of carbonyl (C=O) groups excluding carboxylic acids is 1. The van der Waals surface area contributed by atoms with Crippen LogP contribution in [0.15, 0.2) is 40.4 Å². The van der Waals surface area contributed by atoms with E-state index in [9.17, 15) is 18.0 Å². The van der Waals surface area contributed by atoms with E-state index in [1.807, 2.05) is 0 Å². The van der Waals surface area contributed by atoms with Gasteiger partial charge >= 0.3 is 12.1 Å². The molecule has 0 saturated carbocycles. The van der Waals surface area contributed by atoms with E-state index in [4.69, 9.17) is 4.74 Å². The van der Waals surface area contributed by atoms with Crippen molar-refractivity contribution in [1.29, 1.82) is 0 Å². The van der Waals surface area contributed by atoms with Gasteiger partial charge in [0.15, 0.2) is 0 Å². The molecule has 0 fully saturated rings. The van der Waals surface area contributed by atoms with E-state index in [0.29, 0.717) is 25.6 Å². The Morgan fingerprint density at radius 3 is 2.85 bits per heavy atom. The normalized spacial score (nSPS) is 11.6. The zero-order valence-electron chi connectivity index (χ0n) is 14.0. The van der Waals surface area contributed by atoms with Crippen molar-refractivity contribution in [3.63, 3.8) is 0 Å². The van der Waals surface area contributed by atoms with Gasteiger partial charge < -0.3 is 4.74 Å². The van der Waals surface area contributed by atoms with Crippen LogP contribution in [0.1, 0.15) is 28.5 Å².